The van der Waals surface area contributed by atoms with Crippen LogP contribution in [0, 0.1) is 0 Å². The Morgan fingerprint density at radius 2 is 2.20 bits per heavy atom. The summed E-state index contributed by atoms with van der Waals surface area (Å²) in [6, 6.07) is 0. The van der Waals surface area contributed by atoms with E-state index in [9.17, 15) is 4.79 Å². The summed E-state index contributed by atoms with van der Waals surface area (Å²) in [4.78, 5) is 9.95. The number of aliphatic hydroxyl groups excluding tert-OH is 1. The second-order valence-corrected chi connectivity index (χ2v) is 1.54. The van der Waals surface area contributed by atoms with Crippen molar-refractivity contribution in [3.8, 4) is 0 Å². The fourth-order valence-electron chi connectivity index (χ4n) is 0.102. The molecule has 0 saturated carbocycles. The lowest BCUT2D eigenvalue weighted by Gasteiger charge is -1.82. The zero-order valence-corrected chi connectivity index (χ0v) is 6.55. The summed E-state index contributed by atoms with van der Waals surface area (Å²) in [5, 5.41) is 10.2. The van der Waals surface area contributed by atoms with Gasteiger partial charge in [-0.25, -0.2) is 0 Å². The van der Waals surface area contributed by atoms with Crippen molar-refractivity contribution in [2.45, 2.75) is 13.3 Å². The van der Waals surface area contributed by atoms with E-state index in [1.54, 1.807) is 7.05 Å². The first kappa shape index (κ1) is 11.9. The van der Waals surface area contributed by atoms with Crippen molar-refractivity contribution in [1.82, 2.24) is 5.32 Å². The molecule has 0 fully saturated rings. The highest BCUT2D eigenvalue weighted by Gasteiger charge is 1.78. The lowest BCUT2D eigenvalue weighted by molar-refractivity contribution is -0.116. The van der Waals surface area contributed by atoms with E-state index in [1.165, 1.54) is 6.08 Å². The third-order valence-corrected chi connectivity index (χ3v) is 0.655. The predicted octanol–water partition coefficient (Wildman–Crippen LogP) is 0.307. The highest BCUT2D eigenvalue weighted by Crippen LogP contribution is 1.61. The van der Waals surface area contributed by atoms with E-state index >= 15 is 0 Å². The van der Waals surface area contributed by atoms with E-state index in [0.717, 1.165) is 6.42 Å². The third kappa shape index (κ3) is 15.7. The Morgan fingerprint density at radius 1 is 1.80 bits per heavy atom. The molecule has 0 unspecified atom stereocenters. The maximum Gasteiger partial charge on any atom is 0.243 e. The van der Waals surface area contributed by atoms with Gasteiger partial charge in [-0.2, -0.15) is 0 Å². The van der Waals surface area contributed by atoms with Crippen LogP contribution in [0.4, 0.5) is 0 Å². The molecule has 0 aromatic carbocycles. The maximum absolute atomic E-state index is 9.95. The number of likely N-dealkylation sites (N-methyl/N-ethyl adjacent to an activating group) is 1. The van der Waals surface area contributed by atoms with Crippen molar-refractivity contribution in [3.05, 3.63) is 12.7 Å². The Hall–Kier alpha value is -0.830. The van der Waals surface area contributed by atoms with Gasteiger partial charge in [0.2, 0.25) is 5.91 Å². The topological polar surface area (TPSA) is 49.3 Å². The molecule has 3 heteroatoms. The molecule has 0 aromatic heterocycles. The molecule has 0 aliphatic heterocycles. The van der Waals surface area contributed by atoms with Crippen LogP contribution in [0.15, 0.2) is 12.7 Å². The quantitative estimate of drug-likeness (QED) is 0.549. The molecule has 0 aromatic rings. The van der Waals surface area contributed by atoms with Crippen LogP contribution < -0.4 is 5.32 Å². The number of nitrogens with one attached hydrogen (secondary N) is 1. The molecule has 0 spiro atoms. The number of rotatable bonds is 2. The van der Waals surface area contributed by atoms with Crippen molar-refractivity contribution in [3.63, 3.8) is 0 Å². The average molecular weight is 145 g/mol. The van der Waals surface area contributed by atoms with Crippen molar-refractivity contribution in [2.75, 3.05) is 13.7 Å². The van der Waals surface area contributed by atoms with Crippen LogP contribution in [-0.2, 0) is 4.79 Å². The largest absolute Gasteiger partial charge is 0.396 e. The van der Waals surface area contributed by atoms with Gasteiger partial charge in [-0.1, -0.05) is 13.5 Å². The lowest BCUT2D eigenvalue weighted by Crippen LogP contribution is -2.13. The summed E-state index contributed by atoms with van der Waals surface area (Å²) in [6.45, 7) is 5.47. The normalized spacial score (nSPS) is 7.10. The molecule has 0 radical (unpaired) electrons. The number of hydrogen-bond donors (Lipinski definition) is 2. The number of amides is 1. The van der Waals surface area contributed by atoms with Crippen LogP contribution in [0.5, 0.6) is 0 Å². The molecule has 0 atom stereocenters. The van der Waals surface area contributed by atoms with E-state index < -0.39 is 0 Å². The fraction of sp³-hybridized carbons (Fsp3) is 0.571. The van der Waals surface area contributed by atoms with Crippen molar-refractivity contribution >= 4 is 5.91 Å². The second kappa shape index (κ2) is 11.0. The summed E-state index contributed by atoms with van der Waals surface area (Å²) in [5.74, 6) is -0.144. The van der Waals surface area contributed by atoms with Crippen molar-refractivity contribution in [2.24, 2.45) is 0 Å². The highest BCUT2D eigenvalue weighted by molar-refractivity contribution is 5.86. The van der Waals surface area contributed by atoms with Crippen LogP contribution in [0.25, 0.3) is 0 Å². The van der Waals surface area contributed by atoms with Crippen LogP contribution in [0.3, 0.4) is 0 Å². The van der Waals surface area contributed by atoms with Crippen molar-refractivity contribution in [1.29, 1.82) is 0 Å². The molecular formula is C7H15NO2. The van der Waals surface area contributed by atoms with Gasteiger partial charge < -0.3 is 10.4 Å². The Kier molecular flexibility index (Phi) is 13.1. The minimum atomic E-state index is -0.144. The Morgan fingerprint density at radius 3 is 2.20 bits per heavy atom. The minimum Gasteiger partial charge on any atom is -0.396 e. The zero-order chi connectivity index (χ0) is 8.41. The van der Waals surface area contributed by atoms with Gasteiger partial charge in [0.1, 0.15) is 0 Å². The average Bonchev–Trinajstić information content (AvgIpc) is 2.03. The number of carbonyl (C=O) groups is 1. The molecule has 0 heterocycles. The van der Waals surface area contributed by atoms with Gasteiger partial charge in [0.05, 0.1) is 0 Å². The van der Waals surface area contributed by atoms with Crippen LogP contribution in [0.2, 0.25) is 0 Å². The van der Waals surface area contributed by atoms with E-state index in [4.69, 9.17) is 5.11 Å². The first-order valence-electron chi connectivity index (χ1n) is 3.17. The van der Waals surface area contributed by atoms with Gasteiger partial charge >= 0.3 is 0 Å². The molecule has 0 bridgehead atoms. The Bertz CT molecular complexity index is 89.6. The molecule has 60 valence electrons. The molecular weight excluding hydrogens is 130 g/mol. The van der Waals surface area contributed by atoms with E-state index in [-0.39, 0.29) is 5.91 Å². The molecule has 0 rings (SSSR count). The van der Waals surface area contributed by atoms with E-state index in [1.807, 2.05) is 6.92 Å². The van der Waals surface area contributed by atoms with E-state index in [2.05, 4.69) is 11.9 Å². The van der Waals surface area contributed by atoms with Crippen LogP contribution in [0.1, 0.15) is 13.3 Å². The maximum atomic E-state index is 9.95. The lowest BCUT2D eigenvalue weighted by atomic mass is 10.5. The summed E-state index contributed by atoms with van der Waals surface area (Å²) in [6.07, 6.45) is 2.10. The summed E-state index contributed by atoms with van der Waals surface area (Å²) in [5.41, 5.74) is 0. The molecule has 3 nitrogen and oxygen atoms in total. The molecule has 0 saturated heterocycles. The fourth-order valence-corrected chi connectivity index (χ4v) is 0.102. The van der Waals surface area contributed by atoms with Gasteiger partial charge in [-0.05, 0) is 12.5 Å². The number of aliphatic hydroxyl groups is 1. The van der Waals surface area contributed by atoms with Gasteiger partial charge in [-0.3, -0.25) is 4.79 Å². The summed E-state index contributed by atoms with van der Waals surface area (Å²) < 4.78 is 0. The van der Waals surface area contributed by atoms with Gasteiger partial charge in [0.25, 0.3) is 0 Å². The first-order valence-corrected chi connectivity index (χ1v) is 3.17. The molecule has 10 heavy (non-hydrogen) atoms. The predicted molar refractivity (Wildman–Crippen MR) is 41.6 cm³/mol. The SMILES string of the molecule is C=CC(=O)NC.CCCO. The third-order valence-electron chi connectivity index (χ3n) is 0.655. The van der Waals surface area contributed by atoms with Gasteiger partial charge in [0.15, 0.2) is 0 Å². The zero-order valence-electron chi connectivity index (χ0n) is 6.55. The standard InChI is InChI=1S/C4H7NO.C3H8O/c1-3-4(6)5-2;1-2-3-4/h3H,1H2,2H3,(H,5,6);4H,2-3H2,1H3. The van der Waals surface area contributed by atoms with Crippen LogP contribution >= 0.6 is 0 Å². The Balaban J connectivity index is 0. The Labute approximate surface area is 61.8 Å². The first-order chi connectivity index (χ1) is 4.72. The highest BCUT2D eigenvalue weighted by atomic mass is 16.2. The molecule has 0 aliphatic rings. The molecule has 0 aliphatic carbocycles. The summed E-state index contributed by atoms with van der Waals surface area (Å²) >= 11 is 0. The monoisotopic (exact) mass is 145 g/mol. The number of carbonyl (C=O) groups excluding carboxylic acids is 1. The molecule has 1 amide bonds. The van der Waals surface area contributed by atoms with Crippen molar-refractivity contribution < 1.29 is 9.90 Å². The summed E-state index contributed by atoms with van der Waals surface area (Å²) in [7, 11) is 1.56. The second-order valence-electron chi connectivity index (χ2n) is 1.54. The van der Waals surface area contributed by atoms with Crippen LogP contribution in [-0.4, -0.2) is 24.7 Å². The smallest absolute Gasteiger partial charge is 0.243 e. The van der Waals surface area contributed by atoms with Gasteiger partial charge in [-0.15, -0.1) is 0 Å². The van der Waals surface area contributed by atoms with Gasteiger partial charge in [0, 0.05) is 13.7 Å². The number of hydrogen-bond acceptors (Lipinski definition) is 2. The molecule has 2 N–H and O–H groups in total. The van der Waals surface area contributed by atoms with E-state index in [0.29, 0.717) is 6.61 Å². The minimum absolute atomic E-state index is 0.144.